The average Bonchev–Trinajstić information content (AvgIpc) is 1.37. The molecular formula is C74H68BrCl3O6P+. The maximum Gasteiger partial charge on any atom is 0.210 e. The van der Waals surface area contributed by atoms with Crippen LogP contribution in [-0.4, -0.2) is 32.3 Å². The van der Waals surface area contributed by atoms with E-state index in [1.165, 1.54) is 0 Å². The van der Waals surface area contributed by atoms with Gasteiger partial charge in [0.15, 0.2) is 7.26 Å². The van der Waals surface area contributed by atoms with Crippen molar-refractivity contribution in [2.24, 2.45) is 0 Å². The second kappa shape index (κ2) is 31.8. The highest BCUT2D eigenvalue weighted by Gasteiger charge is 2.47. The largest absolute Gasteiger partial charge is 0.507 e. The Kier molecular flexibility index (Phi) is 24.1. The van der Waals surface area contributed by atoms with Crippen LogP contribution in [0.3, 0.4) is 0 Å². The molecule has 0 aromatic heterocycles. The number of aromatic hydroxyl groups is 4. The van der Waals surface area contributed by atoms with Crippen LogP contribution in [0.4, 0.5) is 0 Å². The number of hydrogen-bond acceptors (Lipinski definition) is 6. The number of halogens is 4. The lowest BCUT2D eigenvalue weighted by molar-refractivity contribution is 0.389. The SMILES string of the molecule is C=CCc1ccc(O)c(-c2cc(CC=C)ccc2O)c1.C=CCc1ccc(O)c(-c2cc(CC=C)ccc2OCBr)c1.C=CCc1ccc(O)c(-c2cc(CC=C)ccc2OC[P+](c2ccc(Cl)cc2)(c2ccc(Cl)cc2)c2ccc(Cl)cc2)c1. The van der Waals surface area contributed by atoms with Crippen LogP contribution in [0.2, 0.25) is 15.1 Å². The predicted octanol–water partition coefficient (Wildman–Crippen LogP) is 19.3. The number of phenolic OH excluding ortho intramolecular Hbond substituents is 4. The molecule has 0 spiro atoms. The molecule has 0 aliphatic heterocycles. The summed E-state index contributed by atoms with van der Waals surface area (Å²) < 4.78 is 12.5. The Hall–Kier alpha value is -8.00. The van der Waals surface area contributed by atoms with E-state index in [1.807, 2.05) is 152 Å². The maximum atomic E-state index is 11.0. The van der Waals surface area contributed by atoms with Gasteiger partial charge in [-0.15, -0.1) is 39.5 Å². The second-order valence-electron chi connectivity index (χ2n) is 19.8. The van der Waals surface area contributed by atoms with Crippen molar-refractivity contribution in [3.8, 4) is 67.9 Å². The third kappa shape index (κ3) is 16.9. The number of ether oxygens (including phenoxy) is 2. The van der Waals surface area contributed by atoms with Gasteiger partial charge < -0.3 is 29.9 Å². The summed E-state index contributed by atoms with van der Waals surface area (Å²) in [5, 5.41) is 46.6. The molecule has 0 fully saturated rings. The van der Waals surface area contributed by atoms with Gasteiger partial charge in [-0.1, -0.05) is 108 Å². The van der Waals surface area contributed by atoms with Gasteiger partial charge in [-0.25, -0.2) is 0 Å². The minimum atomic E-state index is -2.44. The Morgan fingerprint density at radius 1 is 0.329 bits per heavy atom. The lowest BCUT2D eigenvalue weighted by Gasteiger charge is -2.28. The van der Waals surface area contributed by atoms with Crippen molar-refractivity contribution in [3.63, 3.8) is 0 Å². The zero-order chi connectivity index (χ0) is 60.9. The molecule has 0 amide bonds. The Morgan fingerprint density at radius 3 is 0.824 bits per heavy atom. The minimum Gasteiger partial charge on any atom is -0.507 e. The molecule has 0 unspecified atom stereocenters. The molecule has 9 rings (SSSR count). The summed E-state index contributed by atoms with van der Waals surface area (Å²) in [6, 6.07) is 57.9. The van der Waals surface area contributed by atoms with E-state index in [9.17, 15) is 20.4 Å². The van der Waals surface area contributed by atoms with Gasteiger partial charge in [0.1, 0.15) is 55.9 Å². The van der Waals surface area contributed by atoms with Crippen molar-refractivity contribution < 1.29 is 29.9 Å². The van der Waals surface area contributed by atoms with Crippen LogP contribution in [0.15, 0.2) is 258 Å². The first-order valence-corrected chi connectivity index (χ1v) is 31.6. The van der Waals surface area contributed by atoms with Crippen molar-refractivity contribution in [3.05, 3.63) is 306 Å². The summed E-state index contributed by atoms with van der Waals surface area (Å²) in [6.45, 7) is 22.7. The Balaban J connectivity index is 0.000000206. The zero-order valence-corrected chi connectivity index (χ0v) is 52.0. The highest BCUT2D eigenvalue weighted by atomic mass is 79.9. The topological polar surface area (TPSA) is 99.4 Å². The third-order valence-corrected chi connectivity index (χ3v) is 18.9. The van der Waals surface area contributed by atoms with Crippen molar-refractivity contribution in [2.75, 3.05) is 11.9 Å². The van der Waals surface area contributed by atoms with Crippen molar-refractivity contribution in [1.29, 1.82) is 0 Å². The number of benzene rings is 9. The number of phenols is 4. The number of alkyl halides is 1. The fraction of sp³-hybridized carbons (Fsp3) is 0.108. The van der Waals surface area contributed by atoms with Gasteiger partial charge in [0.25, 0.3) is 0 Å². The summed E-state index contributed by atoms with van der Waals surface area (Å²) in [4.78, 5) is 0. The molecule has 4 N–H and O–H groups in total. The lowest BCUT2D eigenvalue weighted by Crippen LogP contribution is -2.35. The first kappa shape index (κ1) is 64.6. The molecule has 11 heteroatoms. The fourth-order valence-electron chi connectivity index (χ4n) is 9.77. The molecule has 9 aromatic rings. The molecular weight excluding hydrogens is 1200 g/mol. The molecule has 0 radical (unpaired) electrons. The number of rotatable bonds is 23. The van der Waals surface area contributed by atoms with Crippen LogP contribution in [0.1, 0.15) is 33.4 Å². The quantitative estimate of drug-likeness (QED) is 0.0289. The fourth-order valence-corrected chi connectivity index (χ4v) is 14.0. The molecule has 6 nitrogen and oxygen atoms in total. The average molecular weight is 1270 g/mol. The summed E-state index contributed by atoms with van der Waals surface area (Å²) in [5.41, 5.74) is 11.2. The smallest absolute Gasteiger partial charge is 0.210 e. The first-order valence-electron chi connectivity index (χ1n) is 27.4. The molecule has 0 bridgehead atoms. The van der Waals surface area contributed by atoms with Crippen LogP contribution in [0.5, 0.6) is 34.5 Å². The van der Waals surface area contributed by atoms with Gasteiger partial charge in [-0.3, -0.25) is 0 Å². The molecule has 85 heavy (non-hydrogen) atoms. The first-order chi connectivity index (χ1) is 41.2. The van der Waals surface area contributed by atoms with Gasteiger partial charge in [0.05, 0.1) is 0 Å². The van der Waals surface area contributed by atoms with Gasteiger partial charge in [-0.05, 0) is 233 Å². The number of allylic oxidation sites excluding steroid dienone is 6. The van der Waals surface area contributed by atoms with Gasteiger partial charge >= 0.3 is 0 Å². The number of hydrogen-bond donors (Lipinski definition) is 4. The summed E-state index contributed by atoms with van der Waals surface area (Å²) in [6.07, 6.45) is 15.7. The maximum absolute atomic E-state index is 11.0. The Labute approximate surface area is 524 Å². The predicted molar refractivity (Wildman–Crippen MR) is 366 cm³/mol. The molecule has 9 aromatic carbocycles. The van der Waals surface area contributed by atoms with Crippen molar-refractivity contribution >= 4 is 73.9 Å². The second-order valence-corrected chi connectivity index (χ2v) is 25.0. The van der Waals surface area contributed by atoms with Crippen LogP contribution in [0.25, 0.3) is 33.4 Å². The highest BCUT2D eigenvalue weighted by Crippen LogP contribution is 2.56. The zero-order valence-electron chi connectivity index (χ0n) is 47.2. The van der Waals surface area contributed by atoms with Gasteiger partial charge in [-0.2, -0.15) is 0 Å². The normalized spacial score (nSPS) is 10.7. The Bertz CT molecular complexity index is 3620. The van der Waals surface area contributed by atoms with Crippen molar-refractivity contribution in [1.82, 2.24) is 0 Å². The summed E-state index contributed by atoms with van der Waals surface area (Å²) in [7, 11) is -2.44. The van der Waals surface area contributed by atoms with Crippen LogP contribution < -0.4 is 25.4 Å². The van der Waals surface area contributed by atoms with Crippen LogP contribution in [0, 0.1) is 0 Å². The highest BCUT2D eigenvalue weighted by molar-refractivity contribution is 9.09. The summed E-state index contributed by atoms with van der Waals surface area (Å²) in [5.74, 6) is 2.13. The Morgan fingerprint density at radius 2 is 0.565 bits per heavy atom. The molecule has 0 aliphatic carbocycles. The van der Waals surface area contributed by atoms with E-state index in [4.69, 9.17) is 44.3 Å². The standard InChI is InChI=1S/C37H30Cl3O2P.C19H19BrO2.C18H18O2/c1-3-5-26-7-21-36(41)34(23-26)35-24-27(6-4-2)8-22-37(35)42-25-43(31-15-9-28(38)10-16-31,32-17-11-29(39)12-18-32)33-19-13-30(40)14-20-33;1-3-5-14-7-9-18(21)16(11-14)17-12-15(6-4-2)8-10-19(17)22-13-20;1-3-5-13-7-9-17(19)15(11-13)16-12-14(6-4-2)8-10-18(16)20/h3-4,7-24H,1-2,5-6,25H2;3-4,7-12,21H,1-2,5-6,13H2;3-4,7-12,19-20H,1-2,5-6H2/p+1. The van der Waals surface area contributed by atoms with Crippen LogP contribution >= 0.6 is 58.0 Å². The van der Waals surface area contributed by atoms with Crippen molar-refractivity contribution in [2.45, 2.75) is 38.5 Å². The molecule has 0 saturated carbocycles. The molecule has 0 atom stereocenters. The third-order valence-electron chi connectivity index (χ3n) is 13.9. The van der Waals surface area contributed by atoms with Crippen LogP contribution in [-0.2, 0) is 38.5 Å². The minimum absolute atomic E-state index is 0.156. The molecule has 432 valence electrons. The van der Waals surface area contributed by atoms with E-state index in [0.717, 1.165) is 97.4 Å². The van der Waals surface area contributed by atoms with E-state index in [0.29, 0.717) is 62.2 Å². The van der Waals surface area contributed by atoms with E-state index in [1.54, 1.807) is 24.3 Å². The molecule has 0 aliphatic rings. The lowest BCUT2D eigenvalue weighted by atomic mass is 9.97. The molecule has 0 saturated heterocycles. The van der Waals surface area contributed by atoms with E-state index in [2.05, 4.69) is 97.9 Å². The van der Waals surface area contributed by atoms with E-state index < -0.39 is 7.26 Å². The monoisotopic (exact) mass is 1270 g/mol. The van der Waals surface area contributed by atoms with E-state index >= 15 is 0 Å². The van der Waals surface area contributed by atoms with Gasteiger partial charge in [0.2, 0.25) is 6.35 Å². The molecule has 0 heterocycles. The summed E-state index contributed by atoms with van der Waals surface area (Å²) >= 11 is 22.4. The van der Waals surface area contributed by atoms with Gasteiger partial charge in [0, 0.05) is 48.4 Å². The van der Waals surface area contributed by atoms with E-state index in [-0.39, 0.29) is 23.0 Å².